The van der Waals surface area contributed by atoms with Crippen LogP contribution in [0.2, 0.25) is 0 Å². The van der Waals surface area contributed by atoms with E-state index in [9.17, 15) is 4.79 Å². The average Bonchev–Trinajstić information content (AvgIpc) is 3.31. The van der Waals surface area contributed by atoms with Crippen molar-refractivity contribution in [3.8, 4) is 34.0 Å². The van der Waals surface area contributed by atoms with Gasteiger partial charge in [0.15, 0.2) is 17.3 Å². The third-order valence-electron chi connectivity index (χ3n) is 6.02. The highest BCUT2D eigenvalue weighted by Gasteiger charge is 2.18. The summed E-state index contributed by atoms with van der Waals surface area (Å²) in [6, 6.07) is 13.1. The Morgan fingerprint density at radius 3 is 2.53 bits per heavy atom. The summed E-state index contributed by atoms with van der Waals surface area (Å²) in [5.41, 5.74) is 16.2. The van der Waals surface area contributed by atoms with Gasteiger partial charge in [0.2, 0.25) is 0 Å². The largest absolute Gasteiger partial charge is 0.382 e. The van der Waals surface area contributed by atoms with Gasteiger partial charge in [0.1, 0.15) is 5.69 Å². The number of hydrogen-bond acceptors (Lipinski definition) is 7. The van der Waals surface area contributed by atoms with E-state index in [2.05, 4.69) is 24.0 Å². The Morgan fingerprint density at radius 1 is 1.06 bits per heavy atom. The van der Waals surface area contributed by atoms with E-state index < -0.39 is 5.54 Å². The zero-order chi connectivity index (χ0) is 24.5. The van der Waals surface area contributed by atoms with Crippen LogP contribution in [0.1, 0.15) is 52.1 Å². The van der Waals surface area contributed by atoms with Gasteiger partial charge in [-0.25, -0.2) is 9.97 Å². The molecule has 4 N–H and O–H groups in total. The van der Waals surface area contributed by atoms with E-state index in [1.807, 2.05) is 44.3 Å². The highest BCUT2D eigenvalue weighted by molar-refractivity contribution is 5.73. The molecular formula is C26H30N6O2. The Kier molecular flexibility index (Phi) is 6.34. The van der Waals surface area contributed by atoms with Crippen LogP contribution in [0.5, 0.6) is 0 Å². The second kappa shape index (κ2) is 9.23. The molecule has 176 valence electrons. The molecule has 34 heavy (non-hydrogen) atoms. The molecule has 0 saturated heterocycles. The highest BCUT2D eigenvalue weighted by atomic mass is 16.5. The molecule has 8 heteroatoms. The highest BCUT2D eigenvalue weighted by Crippen LogP contribution is 2.31. The molecule has 3 aromatic heterocycles. The molecule has 8 nitrogen and oxygen atoms in total. The molecule has 0 saturated carbocycles. The van der Waals surface area contributed by atoms with Gasteiger partial charge in [0.05, 0.1) is 11.9 Å². The van der Waals surface area contributed by atoms with E-state index in [1.165, 1.54) is 0 Å². The maximum atomic E-state index is 12.4. The van der Waals surface area contributed by atoms with E-state index >= 15 is 0 Å². The Bertz CT molecular complexity index is 1360. The molecule has 0 bridgehead atoms. The van der Waals surface area contributed by atoms with Crippen molar-refractivity contribution in [3.63, 3.8) is 0 Å². The lowest BCUT2D eigenvalue weighted by molar-refractivity contribution is 0.433. The molecule has 0 unspecified atom stereocenters. The van der Waals surface area contributed by atoms with Crippen molar-refractivity contribution in [2.45, 2.75) is 52.1 Å². The Balaban J connectivity index is 1.72. The molecular weight excluding hydrogens is 428 g/mol. The van der Waals surface area contributed by atoms with Crippen LogP contribution in [0.15, 0.2) is 64.2 Å². The van der Waals surface area contributed by atoms with Gasteiger partial charge in [-0.15, -0.1) is 0 Å². The van der Waals surface area contributed by atoms with E-state index in [1.54, 1.807) is 29.0 Å². The van der Waals surface area contributed by atoms with Gasteiger partial charge in [-0.3, -0.25) is 4.79 Å². The number of pyridine rings is 1. The van der Waals surface area contributed by atoms with E-state index in [0.717, 1.165) is 29.5 Å². The van der Waals surface area contributed by atoms with Gasteiger partial charge in [-0.2, -0.15) is 0 Å². The first-order valence-corrected chi connectivity index (χ1v) is 11.4. The van der Waals surface area contributed by atoms with Crippen molar-refractivity contribution in [1.82, 2.24) is 19.7 Å². The molecule has 0 spiro atoms. The van der Waals surface area contributed by atoms with Gasteiger partial charge in [0, 0.05) is 41.0 Å². The Labute approximate surface area is 198 Å². The van der Waals surface area contributed by atoms with Crippen molar-refractivity contribution >= 4 is 5.82 Å². The van der Waals surface area contributed by atoms with Gasteiger partial charge in [-0.05, 0) is 44.4 Å². The minimum absolute atomic E-state index is 0.0381. The third kappa shape index (κ3) is 4.63. The number of nitrogens with two attached hydrogens (primary N) is 2. The lowest BCUT2D eigenvalue weighted by atomic mass is 9.93. The lowest BCUT2D eigenvalue weighted by Gasteiger charge is -2.19. The summed E-state index contributed by atoms with van der Waals surface area (Å²) in [7, 11) is 0. The zero-order valence-corrected chi connectivity index (χ0v) is 19.9. The standard InChI is InChI=1S/C26H30N6O2/c1-5-19(6-2)32-15-17(10-11-23(32)33)21-14-29-25(27)24(30-21)22-13-20(31-34-22)16-8-7-9-18(12-16)26(3,4)28/h7-15,19H,5-6,28H2,1-4H3,(H2,27,29). The summed E-state index contributed by atoms with van der Waals surface area (Å²) in [6.07, 6.45) is 5.15. The number of benzene rings is 1. The van der Waals surface area contributed by atoms with Crippen LogP contribution in [0, 0.1) is 0 Å². The lowest BCUT2D eigenvalue weighted by Crippen LogP contribution is -2.28. The molecule has 1 aromatic carbocycles. The molecule has 0 aliphatic rings. The van der Waals surface area contributed by atoms with Crippen molar-refractivity contribution in [3.05, 3.63) is 70.8 Å². The first-order chi connectivity index (χ1) is 16.2. The molecule has 4 aromatic rings. The average molecular weight is 459 g/mol. The Hall–Kier alpha value is -3.78. The second-order valence-electron chi connectivity index (χ2n) is 9.00. The number of anilines is 1. The quantitative estimate of drug-likeness (QED) is 0.409. The second-order valence-corrected chi connectivity index (χ2v) is 9.00. The van der Waals surface area contributed by atoms with Crippen molar-refractivity contribution in [2.75, 3.05) is 5.73 Å². The minimum Gasteiger partial charge on any atom is -0.382 e. The minimum atomic E-state index is -0.474. The van der Waals surface area contributed by atoms with Gasteiger partial charge < -0.3 is 20.6 Å². The number of rotatable bonds is 7. The van der Waals surface area contributed by atoms with Crippen molar-refractivity contribution in [2.24, 2.45) is 5.73 Å². The first kappa shape index (κ1) is 23.4. The molecule has 0 aliphatic heterocycles. The van der Waals surface area contributed by atoms with E-state index in [-0.39, 0.29) is 17.4 Å². The van der Waals surface area contributed by atoms with Gasteiger partial charge >= 0.3 is 0 Å². The van der Waals surface area contributed by atoms with Crippen LogP contribution >= 0.6 is 0 Å². The number of nitrogen functional groups attached to an aromatic ring is 1. The molecule has 4 rings (SSSR count). The summed E-state index contributed by atoms with van der Waals surface area (Å²) < 4.78 is 7.35. The number of hydrogen-bond donors (Lipinski definition) is 2. The topological polar surface area (TPSA) is 126 Å². The summed E-state index contributed by atoms with van der Waals surface area (Å²) in [5, 5.41) is 4.22. The molecule has 0 atom stereocenters. The summed E-state index contributed by atoms with van der Waals surface area (Å²) in [5.74, 6) is 0.643. The van der Waals surface area contributed by atoms with Crippen LogP contribution in [0.4, 0.5) is 5.82 Å². The molecule has 0 fully saturated rings. The van der Waals surface area contributed by atoms with Gasteiger partial charge in [-0.1, -0.05) is 37.2 Å². The van der Waals surface area contributed by atoms with Gasteiger partial charge in [0.25, 0.3) is 5.56 Å². The number of nitrogens with zero attached hydrogens (tertiary/aromatic N) is 4. The maximum absolute atomic E-state index is 12.4. The summed E-state index contributed by atoms with van der Waals surface area (Å²) in [6.45, 7) is 8.04. The maximum Gasteiger partial charge on any atom is 0.250 e. The zero-order valence-electron chi connectivity index (χ0n) is 19.9. The predicted molar refractivity (Wildman–Crippen MR) is 134 cm³/mol. The predicted octanol–water partition coefficient (Wildman–Crippen LogP) is 4.76. The third-order valence-corrected chi connectivity index (χ3v) is 6.02. The van der Waals surface area contributed by atoms with Crippen molar-refractivity contribution < 1.29 is 4.52 Å². The van der Waals surface area contributed by atoms with Crippen LogP contribution < -0.4 is 17.0 Å². The fraction of sp³-hybridized carbons (Fsp3) is 0.308. The smallest absolute Gasteiger partial charge is 0.250 e. The fourth-order valence-corrected chi connectivity index (χ4v) is 3.94. The summed E-state index contributed by atoms with van der Waals surface area (Å²) >= 11 is 0. The summed E-state index contributed by atoms with van der Waals surface area (Å²) in [4.78, 5) is 21.4. The van der Waals surface area contributed by atoms with Crippen LogP contribution in [0.3, 0.4) is 0 Å². The first-order valence-electron chi connectivity index (χ1n) is 11.4. The monoisotopic (exact) mass is 458 g/mol. The Morgan fingerprint density at radius 2 is 1.82 bits per heavy atom. The number of aromatic nitrogens is 4. The molecule has 0 aliphatic carbocycles. The van der Waals surface area contributed by atoms with Crippen LogP contribution in [-0.4, -0.2) is 19.7 Å². The molecule has 0 radical (unpaired) electrons. The SMILES string of the molecule is CCC(CC)n1cc(-c2cnc(N)c(-c3cc(-c4cccc(C(C)(C)N)c4)no3)n2)ccc1=O. The van der Waals surface area contributed by atoms with Crippen molar-refractivity contribution in [1.29, 1.82) is 0 Å². The molecule has 0 amide bonds. The van der Waals surface area contributed by atoms with E-state index in [0.29, 0.717) is 22.8 Å². The fourth-order valence-electron chi connectivity index (χ4n) is 3.94. The van der Waals surface area contributed by atoms with Crippen LogP contribution in [0.25, 0.3) is 34.0 Å². The normalized spacial score (nSPS) is 11.8. The van der Waals surface area contributed by atoms with Crippen LogP contribution in [-0.2, 0) is 5.54 Å². The molecule has 3 heterocycles. The van der Waals surface area contributed by atoms with E-state index in [4.69, 9.17) is 21.0 Å².